The fraction of sp³-hybridized carbons (Fsp3) is 0.235. The van der Waals surface area contributed by atoms with Crippen LogP contribution in [-0.2, 0) is 17.6 Å². The van der Waals surface area contributed by atoms with Gasteiger partial charge in [-0.15, -0.1) is 0 Å². The molecule has 4 rings (SSSR count). The fourth-order valence-corrected chi connectivity index (χ4v) is 4.89. The lowest BCUT2D eigenvalue weighted by molar-refractivity contribution is 0.00872. The Kier molecular flexibility index (Phi) is 9.55. The largest absolute Gasteiger partial charge is 0.380 e. The van der Waals surface area contributed by atoms with Crippen molar-refractivity contribution in [2.24, 2.45) is 0 Å². The highest BCUT2D eigenvalue weighted by atomic mass is 16.5. The van der Waals surface area contributed by atoms with Crippen LogP contribution in [0, 0.1) is 0 Å². The van der Waals surface area contributed by atoms with E-state index in [0.29, 0.717) is 35.1 Å². The lowest BCUT2D eigenvalue weighted by atomic mass is 9.93. The zero-order valence-corrected chi connectivity index (χ0v) is 22.2. The van der Waals surface area contributed by atoms with Gasteiger partial charge in [0.15, 0.2) is 11.6 Å². The highest BCUT2D eigenvalue weighted by molar-refractivity contribution is 6.00. The van der Waals surface area contributed by atoms with Crippen molar-refractivity contribution in [3.63, 3.8) is 0 Å². The number of aliphatic hydroxyl groups excluding tert-OH is 2. The van der Waals surface area contributed by atoms with E-state index in [0.717, 1.165) is 11.1 Å². The third-order valence-corrected chi connectivity index (χ3v) is 6.79. The van der Waals surface area contributed by atoms with Crippen LogP contribution in [0.1, 0.15) is 69.0 Å². The number of hydrogen-bond donors (Lipinski definition) is 2. The minimum absolute atomic E-state index is 0.205. The number of aliphatic hydroxyl groups is 2. The summed E-state index contributed by atoms with van der Waals surface area (Å²) in [6, 6.07) is 32.3. The molecule has 0 saturated carbocycles. The van der Waals surface area contributed by atoms with Gasteiger partial charge in [0.25, 0.3) is 0 Å². The van der Waals surface area contributed by atoms with Gasteiger partial charge >= 0.3 is 0 Å². The number of ether oxygens (including phenoxy) is 1. The number of Topliss-reactive ketones (excluding diaryl/α,β-unsaturated/α-hetero) is 2. The van der Waals surface area contributed by atoms with E-state index < -0.39 is 12.2 Å². The van der Waals surface area contributed by atoms with Crippen LogP contribution in [0.2, 0.25) is 0 Å². The first-order chi connectivity index (χ1) is 18.8. The van der Waals surface area contributed by atoms with E-state index in [-0.39, 0.29) is 23.8 Å². The molecule has 0 heterocycles. The first-order valence-corrected chi connectivity index (χ1v) is 13.2. The van der Waals surface area contributed by atoms with E-state index in [9.17, 15) is 19.8 Å². The van der Waals surface area contributed by atoms with Gasteiger partial charge in [-0.1, -0.05) is 109 Å². The van der Waals surface area contributed by atoms with Gasteiger partial charge in [0.1, 0.15) is 12.2 Å². The van der Waals surface area contributed by atoms with Crippen molar-refractivity contribution in [1.29, 1.82) is 0 Å². The van der Waals surface area contributed by atoms with Crippen LogP contribution in [0.3, 0.4) is 0 Å². The third-order valence-electron chi connectivity index (χ3n) is 6.79. The Morgan fingerprint density at radius 3 is 1.28 bits per heavy atom. The molecule has 4 aromatic rings. The van der Waals surface area contributed by atoms with Crippen LogP contribution < -0.4 is 0 Å². The monoisotopic (exact) mass is 522 g/mol. The molecule has 4 aromatic carbocycles. The zero-order valence-electron chi connectivity index (χ0n) is 22.2. The van der Waals surface area contributed by atoms with E-state index in [1.807, 2.05) is 62.4 Å². The summed E-state index contributed by atoms with van der Waals surface area (Å²) in [6.07, 6.45) is -1.91. The Hall–Kier alpha value is -3.90. The quantitative estimate of drug-likeness (QED) is 0.220. The molecule has 0 aliphatic rings. The highest BCUT2D eigenvalue weighted by Crippen LogP contribution is 2.26. The van der Waals surface area contributed by atoms with Crippen LogP contribution in [0.25, 0.3) is 0 Å². The summed E-state index contributed by atoms with van der Waals surface area (Å²) in [5.41, 5.74) is 3.76. The van der Waals surface area contributed by atoms with Crippen LogP contribution in [-0.4, -0.2) is 34.0 Å². The number of hydrogen-bond acceptors (Lipinski definition) is 5. The predicted octanol–water partition coefficient (Wildman–Crippen LogP) is 6.10. The fourth-order valence-electron chi connectivity index (χ4n) is 4.89. The molecule has 4 unspecified atom stereocenters. The number of ketones is 2. The normalized spacial score (nSPS) is 14.3. The number of rotatable bonds is 12. The molecule has 4 atom stereocenters. The Morgan fingerprint density at radius 1 is 0.564 bits per heavy atom. The van der Waals surface area contributed by atoms with E-state index in [1.54, 1.807) is 60.7 Å². The topological polar surface area (TPSA) is 83.8 Å². The smallest absolute Gasteiger partial charge is 0.195 e. The molecule has 5 heteroatoms. The SMILES string of the molecule is CC(Cc1ccccc1C(O)C(=O)c1ccccc1)OC(C)Cc1ccccc1C(O)C(=O)c1ccccc1. The Morgan fingerprint density at radius 2 is 0.897 bits per heavy atom. The molecule has 0 aromatic heterocycles. The van der Waals surface area contributed by atoms with Crippen molar-refractivity contribution >= 4 is 11.6 Å². The van der Waals surface area contributed by atoms with Gasteiger partial charge in [-0.3, -0.25) is 9.59 Å². The molecule has 5 nitrogen and oxygen atoms in total. The van der Waals surface area contributed by atoms with Crippen LogP contribution >= 0.6 is 0 Å². The van der Waals surface area contributed by atoms with Gasteiger partial charge in [-0.05, 0) is 48.9 Å². The van der Waals surface area contributed by atoms with Gasteiger partial charge < -0.3 is 14.9 Å². The Balaban J connectivity index is 1.42. The summed E-state index contributed by atoms with van der Waals surface area (Å²) >= 11 is 0. The molecule has 200 valence electrons. The van der Waals surface area contributed by atoms with E-state index in [2.05, 4.69) is 0 Å². The van der Waals surface area contributed by atoms with Crippen LogP contribution in [0.15, 0.2) is 109 Å². The van der Waals surface area contributed by atoms with Gasteiger partial charge in [0.05, 0.1) is 12.2 Å². The number of carbonyl (C=O) groups is 2. The summed E-state index contributed by atoms with van der Waals surface area (Å²) in [4.78, 5) is 25.7. The summed E-state index contributed by atoms with van der Waals surface area (Å²) in [7, 11) is 0. The lowest BCUT2D eigenvalue weighted by Crippen LogP contribution is -2.23. The van der Waals surface area contributed by atoms with Gasteiger partial charge in [0, 0.05) is 11.1 Å². The molecule has 0 aliphatic heterocycles. The molecule has 0 radical (unpaired) electrons. The van der Waals surface area contributed by atoms with E-state index in [1.165, 1.54) is 0 Å². The average molecular weight is 523 g/mol. The van der Waals surface area contributed by atoms with Crippen molar-refractivity contribution in [2.45, 2.75) is 51.1 Å². The molecular formula is C34H34O5. The van der Waals surface area contributed by atoms with Crippen molar-refractivity contribution in [3.8, 4) is 0 Å². The number of benzene rings is 4. The molecule has 0 spiro atoms. The molecule has 0 saturated heterocycles. The molecular weight excluding hydrogens is 488 g/mol. The third kappa shape index (κ3) is 7.15. The maximum Gasteiger partial charge on any atom is 0.195 e. The Labute approximate surface area is 229 Å². The van der Waals surface area contributed by atoms with Gasteiger partial charge in [0.2, 0.25) is 0 Å². The highest BCUT2D eigenvalue weighted by Gasteiger charge is 2.24. The van der Waals surface area contributed by atoms with Gasteiger partial charge in [-0.2, -0.15) is 0 Å². The maximum absolute atomic E-state index is 12.9. The second-order valence-electron chi connectivity index (χ2n) is 9.83. The average Bonchev–Trinajstić information content (AvgIpc) is 2.97. The van der Waals surface area contributed by atoms with E-state index in [4.69, 9.17) is 4.74 Å². The first-order valence-electron chi connectivity index (χ1n) is 13.2. The lowest BCUT2D eigenvalue weighted by Gasteiger charge is -2.23. The molecule has 0 bridgehead atoms. The summed E-state index contributed by atoms with van der Waals surface area (Å²) in [6.45, 7) is 3.91. The zero-order chi connectivity index (χ0) is 27.8. The minimum atomic E-state index is -1.26. The molecule has 0 aliphatic carbocycles. The Bertz CT molecular complexity index is 1280. The van der Waals surface area contributed by atoms with Crippen molar-refractivity contribution in [1.82, 2.24) is 0 Å². The van der Waals surface area contributed by atoms with Crippen molar-refractivity contribution in [3.05, 3.63) is 143 Å². The molecule has 0 amide bonds. The van der Waals surface area contributed by atoms with Crippen molar-refractivity contribution < 1.29 is 24.5 Å². The summed E-state index contributed by atoms with van der Waals surface area (Å²) < 4.78 is 6.28. The number of carbonyl (C=O) groups excluding carboxylic acids is 2. The summed E-state index contributed by atoms with van der Waals surface area (Å²) in [5.74, 6) is -0.685. The predicted molar refractivity (Wildman–Crippen MR) is 152 cm³/mol. The second-order valence-corrected chi connectivity index (χ2v) is 9.83. The van der Waals surface area contributed by atoms with Crippen LogP contribution in [0.4, 0.5) is 0 Å². The van der Waals surface area contributed by atoms with Crippen LogP contribution in [0.5, 0.6) is 0 Å². The molecule has 2 N–H and O–H groups in total. The molecule has 0 fully saturated rings. The standard InChI is InChI=1S/C34H34O5/c1-23(21-27-17-9-11-19-29(27)33(37)31(35)25-13-5-3-6-14-25)39-24(2)22-28-18-10-12-20-30(28)34(38)32(36)26-15-7-4-8-16-26/h3-20,23-24,33-34,37-38H,21-22H2,1-2H3. The summed E-state index contributed by atoms with van der Waals surface area (Å²) in [5, 5.41) is 21.8. The van der Waals surface area contributed by atoms with Gasteiger partial charge in [-0.25, -0.2) is 0 Å². The molecule has 39 heavy (non-hydrogen) atoms. The van der Waals surface area contributed by atoms with E-state index >= 15 is 0 Å². The second kappa shape index (κ2) is 13.3. The minimum Gasteiger partial charge on any atom is -0.380 e. The van der Waals surface area contributed by atoms with Crippen molar-refractivity contribution in [2.75, 3.05) is 0 Å². The first kappa shape index (κ1) is 28.1. The maximum atomic E-state index is 12.9.